The Morgan fingerprint density at radius 1 is 0.846 bits per heavy atom. The van der Waals surface area contributed by atoms with Gasteiger partial charge in [-0.1, -0.05) is 23.7 Å². The molecule has 4 rings (SSSR count). The zero-order valence-electron chi connectivity index (χ0n) is 14.6. The largest absolute Gasteiger partial charge is 0.341 e. The summed E-state index contributed by atoms with van der Waals surface area (Å²) in [6.45, 7) is 3.99. The third-order valence-electron chi connectivity index (χ3n) is 4.64. The van der Waals surface area contributed by atoms with Crippen LogP contribution in [0.2, 0.25) is 5.02 Å². The average molecular weight is 372 g/mol. The number of aromatic nitrogens is 3. The van der Waals surface area contributed by atoms with Gasteiger partial charge in [-0.3, -0.25) is 0 Å². The van der Waals surface area contributed by atoms with Crippen LogP contribution in [0.5, 0.6) is 0 Å². The summed E-state index contributed by atoms with van der Waals surface area (Å²) < 4.78 is 0. The number of halogens is 1. The van der Waals surface area contributed by atoms with Crippen molar-refractivity contribution in [3.8, 4) is 0 Å². The Morgan fingerprint density at radius 3 is 1.92 bits per heavy atom. The lowest BCUT2D eigenvalue weighted by molar-refractivity contribution is 0.838. The van der Waals surface area contributed by atoms with Crippen molar-refractivity contribution in [1.82, 2.24) is 15.0 Å². The second kappa shape index (κ2) is 7.86. The van der Waals surface area contributed by atoms with E-state index in [0.717, 1.165) is 43.6 Å². The molecule has 1 N–H and O–H groups in total. The fourth-order valence-corrected chi connectivity index (χ4v) is 3.36. The van der Waals surface area contributed by atoms with Crippen LogP contribution in [-0.4, -0.2) is 47.3 Å². The molecule has 0 atom stereocenters. The van der Waals surface area contributed by atoms with Gasteiger partial charge in [0.25, 0.3) is 0 Å². The third kappa shape index (κ3) is 4.04. The van der Waals surface area contributed by atoms with Gasteiger partial charge in [0.15, 0.2) is 0 Å². The summed E-state index contributed by atoms with van der Waals surface area (Å²) in [4.78, 5) is 18.3. The van der Waals surface area contributed by atoms with E-state index >= 15 is 0 Å². The second-order valence-corrected chi connectivity index (χ2v) is 7.01. The van der Waals surface area contributed by atoms with Crippen molar-refractivity contribution in [1.29, 1.82) is 0 Å². The third-order valence-corrected chi connectivity index (χ3v) is 4.89. The van der Waals surface area contributed by atoms with Crippen LogP contribution in [-0.2, 0) is 0 Å². The molecule has 0 bridgehead atoms. The summed E-state index contributed by atoms with van der Waals surface area (Å²) >= 11 is 5.90. The van der Waals surface area contributed by atoms with E-state index in [2.05, 4.69) is 30.3 Å². The molecule has 0 aliphatic carbocycles. The van der Waals surface area contributed by atoms with E-state index in [9.17, 15) is 0 Å². The smallest absolute Gasteiger partial charge is 0.250 e. The van der Waals surface area contributed by atoms with Crippen molar-refractivity contribution >= 4 is 35.7 Å². The van der Waals surface area contributed by atoms with Crippen LogP contribution in [0, 0.1) is 0 Å². The highest BCUT2D eigenvalue weighted by atomic mass is 35.5. The number of hydrazone groups is 1. The zero-order chi connectivity index (χ0) is 17.8. The van der Waals surface area contributed by atoms with E-state index in [1.165, 1.54) is 25.7 Å². The molecule has 0 unspecified atom stereocenters. The maximum absolute atomic E-state index is 5.90. The van der Waals surface area contributed by atoms with Gasteiger partial charge in [-0.25, -0.2) is 5.43 Å². The summed E-state index contributed by atoms with van der Waals surface area (Å²) in [5.41, 5.74) is 3.91. The lowest BCUT2D eigenvalue weighted by Crippen LogP contribution is -2.25. The molecule has 136 valence electrons. The minimum absolute atomic E-state index is 0.481. The zero-order valence-corrected chi connectivity index (χ0v) is 15.4. The van der Waals surface area contributed by atoms with Gasteiger partial charge in [0.1, 0.15) is 0 Å². The summed E-state index contributed by atoms with van der Waals surface area (Å²) in [7, 11) is 0. The van der Waals surface area contributed by atoms with Gasteiger partial charge in [0.2, 0.25) is 17.8 Å². The molecular formula is C18H22ClN7. The molecule has 7 nitrogen and oxygen atoms in total. The predicted octanol–water partition coefficient (Wildman–Crippen LogP) is 3.17. The quantitative estimate of drug-likeness (QED) is 0.643. The first-order chi connectivity index (χ1) is 12.8. The molecule has 26 heavy (non-hydrogen) atoms. The number of anilines is 3. The average Bonchev–Trinajstić information content (AvgIpc) is 3.37. The van der Waals surface area contributed by atoms with Crippen LogP contribution in [0.3, 0.4) is 0 Å². The molecule has 3 heterocycles. The van der Waals surface area contributed by atoms with Gasteiger partial charge in [0, 0.05) is 31.2 Å². The molecule has 0 radical (unpaired) electrons. The number of nitrogens with one attached hydrogen (secondary N) is 1. The fraction of sp³-hybridized carbons (Fsp3) is 0.444. The van der Waals surface area contributed by atoms with Crippen LogP contribution in [0.25, 0.3) is 0 Å². The number of benzene rings is 1. The van der Waals surface area contributed by atoms with Crippen molar-refractivity contribution in [2.45, 2.75) is 25.7 Å². The molecule has 2 aliphatic rings. The summed E-state index contributed by atoms with van der Waals surface area (Å²) in [5, 5.41) is 4.98. The van der Waals surface area contributed by atoms with Gasteiger partial charge >= 0.3 is 0 Å². The van der Waals surface area contributed by atoms with E-state index in [0.29, 0.717) is 11.0 Å². The SMILES string of the molecule is Clc1ccc(/C=N/Nc2nc(N3CCCC3)nc(N3CCCC3)n2)cc1. The van der Waals surface area contributed by atoms with Gasteiger partial charge in [-0.2, -0.15) is 20.1 Å². The monoisotopic (exact) mass is 371 g/mol. The highest BCUT2D eigenvalue weighted by Crippen LogP contribution is 2.22. The first-order valence-corrected chi connectivity index (χ1v) is 9.46. The Hall–Kier alpha value is -2.41. The molecule has 1 aromatic heterocycles. The molecule has 2 saturated heterocycles. The standard InChI is InChI=1S/C18H22ClN7/c19-15-7-5-14(6-8-15)13-20-24-16-21-17(25-9-1-2-10-25)23-18(22-16)26-11-3-4-12-26/h5-8,13H,1-4,9-12H2,(H,21,22,23,24)/b20-13+. The Kier molecular flexibility index (Phi) is 5.15. The normalized spacial score (nSPS) is 17.4. The number of hydrogen-bond donors (Lipinski definition) is 1. The van der Waals surface area contributed by atoms with E-state index < -0.39 is 0 Å². The Bertz CT molecular complexity index is 731. The summed E-state index contributed by atoms with van der Waals surface area (Å²) in [6, 6.07) is 7.49. The Labute approximate surface area is 158 Å². The number of nitrogens with zero attached hydrogens (tertiary/aromatic N) is 6. The molecule has 1 aromatic carbocycles. The molecule has 0 spiro atoms. The summed E-state index contributed by atoms with van der Waals surface area (Å²) in [6.07, 6.45) is 6.46. The number of hydrogen-bond acceptors (Lipinski definition) is 7. The van der Waals surface area contributed by atoms with Crippen molar-refractivity contribution in [3.05, 3.63) is 34.9 Å². The minimum atomic E-state index is 0.481. The van der Waals surface area contributed by atoms with Crippen LogP contribution in [0.1, 0.15) is 31.2 Å². The maximum atomic E-state index is 5.90. The predicted molar refractivity (Wildman–Crippen MR) is 105 cm³/mol. The highest BCUT2D eigenvalue weighted by Gasteiger charge is 2.21. The second-order valence-electron chi connectivity index (χ2n) is 6.57. The molecule has 0 saturated carbocycles. The van der Waals surface area contributed by atoms with E-state index in [4.69, 9.17) is 16.6 Å². The van der Waals surface area contributed by atoms with Crippen molar-refractivity contribution in [2.24, 2.45) is 5.10 Å². The topological polar surface area (TPSA) is 69.5 Å². The minimum Gasteiger partial charge on any atom is -0.341 e. The molecule has 2 aromatic rings. The summed E-state index contributed by atoms with van der Waals surface area (Å²) in [5.74, 6) is 1.96. The number of rotatable bonds is 5. The lowest BCUT2D eigenvalue weighted by atomic mass is 10.2. The van der Waals surface area contributed by atoms with Crippen LogP contribution in [0.4, 0.5) is 17.8 Å². The Morgan fingerprint density at radius 2 is 1.38 bits per heavy atom. The first-order valence-electron chi connectivity index (χ1n) is 9.08. The molecule has 8 heteroatoms. The van der Waals surface area contributed by atoms with Crippen LogP contribution >= 0.6 is 11.6 Å². The maximum Gasteiger partial charge on any atom is 0.250 e. The van der Waals surface area contributed by atoms with Crippen LogP contribution < -0.4 is 15.2 Å². The molecule has 2 aliphatic heterocycles. The van der Waals surface area contributed by atoms with Crippen molar-refractivity contribution < 1.29 is 0 Å². The molecule has 2 fully saturated rings. The first kappa shape index (κ1) is 17.0. The van der Waals surface area contributed by atoms with Crippen molar-refractivity contribution in [2.75, 3.05) is 41.4 Å². The van der Waals surface area contributed by atoms with E-state index in [1.54, 1.807) is 6.21 Å². The van der Waals surface area contributed by atoms with E-state index in [-0.39, 0.29) is 0 Å². The fourth-order valence-electron chi connectivity index (χ4n) is 3.23. The van der Waals surface area contributed by atoms with E-state index in [1.807, 2.05) is 24.3 Å². The lowest BCUT2D eigenvalue weighted by Gasteiger charge is -2.20. The van der Waals surface area contributed by atoms with Gasteiger partial charge in [-0.15, -0.1) is 0 Å². The Balaban J connectivity index is 1.54. The van der Waals surface area contributed by atoms with Gasteiger partial charge in [-0.05, 0) is 43.4 Å². The highest BCUT2D eigenvalue weighted by molar-refractivity contribution is 6.30. The molecular weight excluding hydrogens is 350 g/mol. The van der Waals surface area contributed by atoms with Crippen molar-refractivity contribution in [3.63, 3.8) is 0 Å². The van der Waals surface area contributed by atoms with Crippen LogP contribution in [0.15, 0.2) is 29.4 Å². The van der Waals surface area contributed by atoms with Gasteiger partial charge in [0.05, 0.1) is 6.21 Å². The van der Waals surface area contributed by atoms with Gasteiger partial charge < -0.3 is 9.80 Å². The molecule has 0 amide bonds.